The molecular formula is C19H23N3O4. The summed E-state index contributed by atoms with van der Waals surface area (Å²) in [4.78, 5) is 24.2. The number of nitrogens with zero attached hydrogens (tertiary/aromatic N) is 2. The molecule has 0 aliphatic carbocycles. The van der Waals surface area contributed by atoms with E-state index in [4.69, 9.17) is 9.47 Å². The standard InChI is InChI=1S/C19H23N3O4/c1-25-16-4-2-15(3-5-16)17-6-7-19(24)22(21-17)13-18(23)20-12-14-8-10-26-11-9-14/h2-7,14H,8-13H2,1H3,(H,20,23). The molecule has 0 saturated carbocycles. The Balaban J connectivity index is 1.65. The van der Waals surface area contributed by atoms with Crippen LogP contribution in [0.25, 0.3) is 11.3 Å². The minimum absolute atomic E-state index is 0.0912. The van der Waals surface area contributed by atoms with E-state index in [0.29, 0.717) is 18.2 Å². The fourth-order valence-electron chi connectivity index (χ4n) is 2.88. The van der Waals surface area contributed by atoms with Crippen LogP contribution in [-0.4, -0.2) is 42.6 Å². The third kappa shape index (κ3) is 4.70. The number of hydrogen-bond acceptors (Lipinski definition) is 5. The van der Waals surface area contributed by atoms with E-state index in [1.807, 2.05) is 24.3 Å². The van der Waals surface area contributed by atoms with Crippen LogP contribution in [0.1, 0.15) is 12.8 Å². The number of carbonyl (C=O) groups is 1. The van der Waals surface area contributed by atoms with E-state index in [1.165, 1.54) is 10.7 Å². The van der Waals surface area contributed by atoms with Gasteiger partial charge in [-0.25, -0.2) is 4.68 Å². The van der Waals surface area contributed by atoms with Gasteiger partial charge in [0.05, 0.1) is 12.8 Å². The summed E-state index contributed by atoms with van der Waals surface area (Å²) in [6, 6.07) is 10.5. The van der Waals surface area contributed by atoms with Gasteiger partial charge in [0.1, 0.15) is 12.3 Å². The zero-order chi connectivity index (χ0) is 18.4. The molecule has 0 spiro atoms. The van der Waals surface area contributed by atoms with Gasteiger partial charge in [-0.2, -0.15) is 5.10 Å². The first-order valence-corrected chi connectivity index (χ1v) is 8.73. The molecule has 1 aliphatic rings. The Labute approximate surface area is 151 Å². The van der Waals surface area contributed by atoms with Crippen LogP contribution in [0.2, 0.25) is 0 Å². The second kappa shape index (κ2) is 8.62. The smallest absolute Gasteiger partial charge is 0.267 e. The minimum atomic E-state index is -0.302. The van der Waals surface area contributed by atoms with E-state index in [9.17, 15) is 9.59 Å². The Morgan fingerprint density at radius 2 is 1.96 bits per heavy atom. The highest BCUT2D eigenvalue weighted by Crippen LogP contribution is 2.19. The van der Waals surface area contributed by atoms with Crippen molar-refractivity contribution in [3.63, 3.8) is 0 Å². The van der Waals surface area contributed by atoms with Crippen molar-refractivity contribution in [1.82, 2.24) is 15.1 Å². The molecule has 2 aromatic rings. The molecule has 0 radical (unpaired) electrons. The predicted molar refractivity (Wildman–Crippen MR) is 97.0 cm³/mol. The lowest BCUT2D eigenvalue weighted by Crippen LogP contribution is -2.37. The van der Waals surface area contributed by atoms with Crippen molar-refractivity contribution in [1.29, 1.82) is 0 Å². The average molecular weight is 357 g/mol. The van der Waals surface area contributed by atoms with Crippen molar-refractivity contribution in [2.24, 2.45) is 5.92 Å². The molecule has 1 N–H and O–H groups in total. The molecule has 0 bridgehead atoms. The zero-order valence-electron chi connectivity index (χ0n) is 14.8. The number of hydrogen-bond donors (Lipinski definition) is 1. The van der Waals surface area contributed by atoms with Gasteiger partial charge in [0, 0.05) is 31.4 Å². The maximum absolute atomic E-state index is 12.2. The summed E-state index contributed by atoms with van der Waals surface area (Å²) in [5.41, 5.74) is 1.18. The van der Waals surface area contributed by atoms with Crippen molar-refractivity contribution in [2.75, 3.05) is 26.9 Å². The van der Waals surface area contributed by atoms with Crippen molar-refractivity contribution in [2.45, 2.75) is 19.4 Å². The summed E-state index contributed by atoms with van der Waals surface area (Å²) in [7, 11) is 1.60. The van der Waals surface area contributed by atoms with Gasteiger partial charge < -0.3 is 14.8 Å². The number of carbonyl (C=O) groups excluding carboxylic acids is 1. The van der Waals surface area contributed by atoms with Crippen molar-refractivity contribution in [3.05, 3.63) is 46.8 Å². The molecule has 1 aliphatic heterocycles. The van der Waals surface area contributed by atoms with Crippen molar-refractivity contribution < 1.29 is 14.3 Å². The molecule has 0 atom stereocenters. The zero-order valence-corrected chi connectivity index (χ0v) is 14.8. The highest BCUT2D eigenvalue weighted by Gasteiger charge is 2.15. The monoisotopic (exact) mass is 357 g/mol. The van der Waals surface area contributed by atoms with Crippen LogP contribution in [0.3, 0.4) is 0 Å². The Hall–Kier alpha value is -2.67. The Morgan fingerprint density at radius 3 is 2.65 bits per heavy atom. The van der Waals surface area contributed by atoms with E-state index >= 15 is 0 Å². The summed E-state index contributed by atoms with van der Waals surface area (Å²) < 4.78 is 11.6. The maximum atomic E-state index is 12.2. The summed E-state index contributed by atoms with van der Waals surface area (Å²) in [5.74, 6) is 0.968. The van der Waals surface area contributed by atoms with Crippen LogP contribution in [0.4, 0.5) is 0 Å². The largest absolute Gasteiger partial charge is 0.497 e. The van der Waals surface area contributed by atoms with Gasteiger partial charge in [0.15, 0.2) is 0 Å². The average Bonchev–Trinajstić information content (AvgIpc) is 2.69. The highest BCUT2D eigenvalue weighted by molar-refractivity contribution is 5.75. The summed E-state index contributed by atoms with van der Waals surface area (Å²) >= 11 is 0. The molecule has 1 amide bonds. The Morgan fingerprint density at radius 1 is 1.23 bits per heavy atom. The summed E-state index contributed by atoms with van der Waals surface area (Å²) in [5, 5.41) is 7.21. The number of rotatable bonds is 6. The Kier molecular flexibility index (Phi) is 6.01. The van der Waals surface area contributed by atoms with Gasteiger partial charge in [0.25, 0.3) is 5.56 Å². The first-order valence-electron chi connectivity index (χ1n) is 8.73. The maximum Gasteiger partial charge on any atom is 0.267 e. The normalized spacial score (nSPS) is 14.8. The number of nitrogens with one attached hydrogen (secondary N) is 1. The summed E-state index contributed by atoms with van der Waals surface area (Å²) in [6.45, 7) is 2.00. The van der Waals surface area contributed by atoms with Crippen LogP contribution in [0, 0.1) is 5.92 Å². The molecule has 3 rings (SSSR count). The second-order valence-corrected chi connectivity index (χ2v) is 6.30. The van der Waals surface area contributed by atoms with Crippen LogP contribution >= 0.6 is 0 Å². The highest BCUT2D eigenvalue weighted by atomic mass is 16.5. The third-order valence-electron chi connectivity index (χ3n) is 4.47. The molecule has 0 unspecified atom stereocenters. The first-order chi connectivity index (χ1) is 12.7. The molecular weight excluding hydrogens is 334 g/mol. The fraction of sp³-hybridized carbons (Fsp3) is 0.421. The molecule has 1 aromatic carbocycles. The van der Waals surface area contributed by atoms with Crippen LogP contribution in [0.15, 0.2) is 41.2 Å². The lowest BCUT2D eigenvalue weighted by Gasteiger charge is -2.22. The lowest BCUT2D eigenvalue weighted by molar-refractivity contribution is -0.122. The molecule has 1 saturated heterocycles. The third-order valence-corrected chi connectivity index (χ3v) is 4.47. The van der Waals surface area contributed by atoms with Gasteiger partial charge in [0.2, 0.25) is 5.91 Å². The minimum Gasteiger partial charge on any atom is -0.497 e. The van der Waals surface area contributed by atoms with Gasteiger partial charge in [-0.1, -0.05) is 0 Å². The van der Waals surface area contributed by atoms with Gasteiger partial charge in [-0.05, 0) is 49.1 Å². The number of benzene rings is 1. The van der Waals surface area contributed by atoms with Gasteiger partial charge in [-0.15, -0.1) is 0 Å². The van der Waals surface area contributed by atoms with E-state index in [1.54, 1.807) is 13.2 Å². The van der Waals surface area contributed by atoms with E-state index in [0.717, 1.165) is 37.4 Å². The van der Waals surface area contributed by atoms with Crippen LogP contribution in [-0.2, 0) is 16.1 Å². The molecule has 1 fully saturated rings. The number of ether oxygens (including phenoxy) is 2. The molecule has 2 heterocycles. The second-order valence-electron chi connectivity index (χ2n) is 6.30. The van der Waals surface area contributed by atoms with Gasteiger partial charge >= 0.3 is 0 Å². The van der Waals surface area contributed by atoms with E-state index in [-0.39, 0.29) is 18.0 Å². The van der Waals surface area contributed by atoms with E-state index < -0.39 is 0 Å². The molecule has 1 aromatic heterocycles. The van der Waals surface area contributed by atoms with Crippen molar-refractivity contribution in [3.8, 4) is 17.0 Å². The number of aromatic nitrogens is 2. The predicted octanol–water partition coefficient (Wildman–Crippen LogP) is 1.46. The number of methoxy groups -OCH3 is 1. The molecule has 138 valence electrons. The summed E-state index contributed by atoms with van der Waals surface area (Å²) in [6.07, 6.45) is 1.90. The van der Waals surface area contributed by atoms with E-state index in [2.05, 4.69) is 10.4 Å². The van der Waals surface area contributed by atoms with Crippen LogP contribution < -0.4 is 15.6 Å². The molecule has 7 nitrogen and oxygen atoms in total. The van der Waals surface area contributed by atoms with Crippen molar-refractivity contribution >= 4 is 5.91 Å². The van der Waals surface area contributed by atoms with Gasteiger partial charge in [-0.3, -0.25) is 9.59 Å². The lowest BCUT2D eigenvalue weighted by atomic mass is 10.0. The Bertz CT molecular complexity index is 795. The number of amides is 1. The SMILES string of the molecule is COc1ccc(-c2ccc(=O)n(CC(=O)NCC3CCOCC3)n2)cc1. The molecule has 26 heavy (non-hydrogen) atoms. The van der Waals surface area contributed by atoms with Crippen LogP contribution in [0.5, 0.6) is 5.75 Å². The topological polar surface area (TPSA) is 82.5 Å². The quantitative estimate of drug-likeness (QED) is 0.846. The fourth-order valence-corrected chi connectivity index (χ4v) is 2.88. The first kappa shape index (κ1) is 18.1. The molecule has 7 heteroatoms.